The van der Waals surface area contributed by atoms with Crippen molar-refractivity contribution < 1.29 is 4.79 Å². The SMILES string of the molecule is O=C(NCc1ccccc1)c1ccccc1-n1ccc2ccccc21. The van der Waals surface area contributed by atoms with Crippen LogP contribution in [0.4, 0.5) is 0 Å². The molecule has 0 aliphatic heterocycles. The molecule has 4 rings (SSSR count). The first-order valence-corrected chi connectivity index (χ1v) is 8.30. The van der Waals surface area contributed by atoms with Gasteiger partial charge in [0.1, 0.15) is 0 Å². The average Bonchev–Trinajstić information content (AvgIpc) is 3.11. The fraction of sp³-hybridized carbons (Fsp3) is 0.0455. The minimum Gasteiger partial charge on any atom is -0.348 e. The van der Waals surface area contributed by atoms with Crippen LogP contribution in [0.25, 0.3) is 16.6 Å². The minimum absolute atomic E-state index is 0.0720. The molecule has 0 atom stereocenters. The lowest BCUT2D eigenvalue weighted by Crippen LogP contribution is -2.24. The monoisotopic (exact) mass is 326 g/mol. The van der Waals surface area contributed by atoms with Crippen LogP contribution < -0.4 is 5.32 Å². The summed E-state index contributed by atoms with van der Waals surface area (Å²) in [6.45, 7) is 0.514. The van der Waals surface area contributed by atoms with Crippen molar-refractivity contribution >= 4 is 16.8 Å². The molecule has 0 radical (unpaired) electrons. The summed E-state index contributed by atoms with van der Waals surface area (Å²) >= 11 is 0. The highest BCUT2D eigenvalue weighted by molar-refractivity contribution is 5.98. The van der Waals surface area contributed by atoms with E-state index < -0.39 is 0 Å². The van der Waals surface area contributed by atoms with Crippen LogP contribution in [0.15, 0.2) is 91.1 Å². The minimum atomic E-state index is -0.0720. The van der Waals surface area contributed by atoms with Crippen LogP contribution in [0.2, 0.25) is 0 Å². The molecule has 0 bridgehead atoms. The summed E-state index contributed by atoms with van der Waals surface area (Å²) < 4.78 is 2.06. The number of nitrogens with zero attached hydrogens (tertiary/aromatic N) is 1. The van der Waals surface area contributed by atoms with Crippen LogP contribution in [0.3, 0.4) is 0 Å². The Hall–Kier alpha value is -3.33. The number of fused-ring (bicyclic) bond motifs is 1. The number of nitrogens with one attached hydrogen (secondary N) is 1. The molecule has 0 aliphatic rings. The lowest BCUT2D eigenvalue weighted by molar-refractivity contribution is 0.0951. The van der Waals surface area contributed by atoms with Crippen molar-refractivity contribution in [2.24, 2.45) is 0 Å². The number of hydrogen-bond donors (Lipinski definition) is 1. The fourth-order valence-electron chi connectivity index (χ4n) is 3.04. The van der Waals surface area contributed by atoms with Crippen LogP contribution >= 0.6 is 0 Å². The molecule has 0 spiro atoms. The first-order chi connectivity index (χ1) is 12.3. The van der Waals surface area contributed by atoms with Crippen molar-refractivity contribution in [2.45, 2.75) is 6.54 Å². The summed E-state index contributed by atoms with van der Waals surface area (Å²) in [7, 11) is 0. The van der Waals surface area contributed by atoms with Crippen LogP contribution in [0, 0.1) is 0 Å². The predicted molar refractivity (Wildman–Crippen MR) is 101 cm³/mol. The van der Waals surface area contributed by atoms with Gasteiger partial charge in [0.25, 0.3) is 5.91 Å². The van der Waals surface area contributed by atoms with E-state index in [1.165, 1.54) is 0 Å². The molecule has 4 aromatic rings. The van der Waals surface area contributed by atoms with Crippen LogP contribution in [0.5, 0.6) is 0 Å². The number of benzene rings is 3. The molecule has 0 unspecified atom stereocenters. The van der Waals surface area contributed by atoms with Gasteiger partial charge in [-0.15, -0.1) is 0 Å². The highest BCUT2D eigenvalue weighted by Gasteiger charge is 2.13. The number of aromatic nitrogens is 1. The van der Waals surface area contributed by atoms with E-state index in [-0.39, 0.29) is 5.91 Å². The summed E-state index contributed by atoms with van der Waals surface area (Å²) in [6, 6.07) is 27.9. The van der Waals surface area contributed by atoms with Gasteiger partial charge in [-0.2, -0.15) is 0 Å². The molecular formula is C22H18N2O. The quantitative estimate of drug-likeness (QED) is 0.586. The molecule has 0 aliphatic carbocycles. The number of para-hydroxylation sites is 2. The molecule has 25 heavy (non-hydrogen) atoms. The van der Waals surface area contributed by atoms with Crippen molar-refractivity contribution in [1.82, 2.24) is 9.88 Å². The van der Waals surface area contributed by atoms with E-state index in [4.69, 9.17) is 0 Å². The first-order valence-electron chi connectivity index (χ1n) is 8.30. The maximum absolute atomic E-state index is 12.7. The Labute approximate surface area is 146 Å². The molecule has 0 fully saturated rings. The molecule has 1 aromatic heterocycles. The number of hydrogen-bond acceptors (Lipinski definition) is 1. The van der Waals surface area contributed by atoms with Crippen molar-refractivity contribution in [2.75, 3.05) is 0 Å². The Morgan fingerprint density at radius 1 is 0.800 bits per heavy atom. The van der Waals surface area contributed by atoms with Crippen LogP contribution in [0.1, 0.15) is 15.9 Å². The third-order valence-electron chi connectivity index (χ3n) is 4.30. The third-order valence-corrected chi connectivity index (χ3v) is 4.30. The highest BCUT2D eigenvalue weighted by atomic mass is 16.1. The Bertz CT molecular complexity index is 1020. The number of rotatable bonds is 4. The Morgan fingerprint density at radius 2 is 1.52 bits per heavy atom. The van der Waals surface area contributed by atoms with E-state index in [1.54, 1.807) is 0 Å². The highest BCUT2D eigenvalue weighted by Crippen LogP contribution is 2.22. The summed E-state index contributed by atoms with van der Waals surface area (Å²) in [5, 5.41) is 4.17. The van der Waals surface area contributed by atoms with Gasteiger partial charge in [0.15, 0.2) is 0 Å². The molecule has 3 heteroatoms. The van der Waals surface area contributed by atoms with Gasteiger partial charge in [-0.25, -0.2) is 0 Å². The number of amides is 1. The molecule has 3 nitrogen and oxygen atoms in total. The Kier molecular flexibility index (Phi) is 4.05. The average molecular weight is 326 g/mol. The second-order valence-corrected chi connectivity index (χ2v) is 5.93. The topological polar surface area (TPSA) is 34.0 Å². The van der Waals surface area contributed by atoms with E-state index >= 15 is 0 Å². The number of carbonyl (C=O) groups is 1. The van der Waals surface area contributed by atoms with Crippen molar-refractivity contribution in [3.8, 4) is 5.69 Å². The molecule has 1 heterocycles. The third kappa shape index (κ3) is 3.04. The largest absolute Gasteiger partial charge is 0.348 e. The van der Waals surface area contributed by atoms with Crippen LogP contribution in [-0.4, -0.2) is 10.5 Å². The second kappa shape index (κ2) is 6.65. The van der Waals surface area contributed by atoms with E-state index in [0.717, 1.165) is 22.2 Å². The van der Waals surface area contributed by atoms with Gasteiger partial charge in [-0.3, -0.25) is 4.79 Å². The summed E-state index contributed by atoms with van der Waals surface area (Å²) in [5.41, 5.74) is 3.72. The van der Waals surface area contributed by atoms with E-state index in [2.05, 4.69) is 28.1 Å². The van der Waals surface area contributed by atoms with Crippen molar-refractivity contribution in [1.29, 1.82) is 0 Å². The summed E-state index contributed by atoms with van der Waals surface area (Å²) in [6.07, 6.45) is 2.01. The molecule has 0 saturated carbocycles. The van der Waals surface area contributed by atoms with Gasteiger partial charge in [-0.1, -0.05) is 60.7 Å². The zero-order chi connectivity index (χ0) is 17.1. The van der Waals surface area contributed by atoms with Gasteiger partial charge in [0.2, 0.25) is 0 Å². The summed E-state index contributed by atoms with van der Waals surface area (Å²) in [4.78, 5) is 12.7. The van der Waals surface area contributed by atoms with Crippen molar-refractivity contribution in [3.63, 3.8) is 0 Å². The maximum atomic E-state index is 12.7. The molecule has 122 valence electrons. The molecule has 1 amide bonds. The maximum Gasteiger partial charge on any atom is 0.253 e. The van der Waals surface area contributed by atoms with E-state index in [1.807, 2.05) is 72.9 Å². The van der Waals surface area contributed by atoms with Gasteiger partial charge in [0.05, 0.1) is 16.8 Å². The normalized spacial score (nSPS) is 10.7. The lowest BCUT2D eigenvalue weighted by Gasteiger charge is -2.12. The number of carbonyl (C=O) groups excluding carboxylic acids is 1. The van der Waals surface area contributed by atoms with Gasteiger partial charge < -0.3 is 9.88 Å². The van der Waals surface area contributed by atoms with Gasteiger partial charge in [-0.05, 0) is 35.2 Å². The zero-order valence-corrected chi connectivity index (χ0v) is 13.7. The molecular weight excluding hydrogens is 308 g/mol. The lowest BCUT2D eigenvalue weighted by atomic mass is 10.1. The van der Waals surface area contributed by atoms with Gasteiger partial charge in [0, 0.05) is 12.7 Å². The molecule has 3 aromatic carbocycles. The smallest absolute Gasteiger partial charge is 0.253 e. The molecule has 0 saturated heterocycles. The van der Waals surface area contributed by atoms with E-state index in [9.17, 15) is 4.79 Å². The first kappa shape index (κ1) is 15.2. The second-order valence-electron chi connectivity index (χ2n) is 5.93. The Morgan fingerprint density at radius 3 is 2.40 bits per heavy atom. The zero-order valence-electron chi connectivity index (χ0n) is 13.7. The molecule has 1 N–H and O–H groups in total. The van der Waals surface area contributed by atoms with Crippen molar-refractivity contribution in [3.05, 3.63) is 102 Å². The van der Waals surface area contributed by atoms with Gasteiger partial charge >= 0.3 is 0 Å². The Balaban J connectivity index is 1.66. The fourth-order valence-corrected chi connectivity index (χ4v) is 3.04. The standard InChI is InChI=1S/C22H18N2O/c25-22(23-16-17-8-2-1-3-9-17)19-11-5-7-13-21(19)24-15-14-18-10-4-6-12-20(18)24/h1-15H,16H2,(H,23,25). The summed E-state index contributed by atoms with van der Waals surface area (Å²) in [5.74, 6) is -0.0720. The van der Waals surface area contributed by atoms with Crippen LogP contribution in [-0.2, 0) is 6.54 Å². The predicted octanol–water partition coefficient (Wildman–Crippen LogP) is 4.56. The van der Waals surface area contributed by atoms with E-state index in [0.29, 0.717) is 12.1 Å².